The molecular formula is C13H26FNO4. The molecule has 1 rings (SSSR count). The highest BCUT2D eigenvalue weighted by Gasteiger charge is 2.39. The highest BCUT2D eigenvalue weighted by molar-refractivity contribution is 5.67. The lowest BCUT2D eigenvalue weighted by Crippen LogP contribution is -2.48. The molecule has 0 spiro atoms. The van der Waals surface area contributed by atoms with Crippen molar-refractivity contribution in [2.24, 2.45) is 17.8 Å². The van der Waals surface area contributed by atoms with E-state index < -0.39 is 5.97 Å². The molecule has 1 aliphatic heterocycles. The van der Waals surface area contributed by atoms with Gasteiger partial charge in [0.05, 0.1) is 25.2 Å². The van der Waals surface area contributed by atoms with Crippen molar-refractivity contribution >= 4 is 5.97 Å². The molecular weight excluding hydrogens is 253 g/mol. The summed E-state index contributed by atoms with van der Waals surface area (Å²) in [6.45, 7) is 6.19. The van der Waals surface area contributed by atoms with E-state index in [1.807, 2.05) is 13.8 Å². The predicted molar refractivity (Wildman–Crippen MR) is 70.4 cm³/mol. The van der Waals surface area contributed by atoms with Gasteiger partial charge in [-0.3, -0.25) is 4.79 Å². The summed E-state index contributed by atoms with van der Waals surface area (Å²) in [5, 5.41) is 8.78. The van der Waals surface area contributed by atoms with Gasteiger partial charge in [0.2, 0.25) is 0 Å². The number of carbonyl (C=O) groups is 1. The van der Waals surface area contributed by atoms with Crippen LogP contribution in [0.15, 0.2) is 0 Å². The van der Waals surface area contributed by atoms with Crippen LogP contribution in [0.4, 0.5) is 4.48 Å². The molecule has 0 aromatic rings. The molecule has 0 amide bonds. The summed E-state index contributed by atoms with van der Waals surface area (Å²) >= 11 is 0. The second-order valence-electron chi connectivity index (χ2n) is 5.13. The molecule has 0 aromatic heterocycles. The lowest BCUT2D eigenvalue weighted by molar-refractivity contribution is -0.158. The van der Waals surface area contributed by atoms with Crippen LogP contribution in [0.25, 0.3) is 0 Å². The lowest BCUT2D eigenvalue weighted by atomic mass is 9.75. The predicted octanol–water partition coefficient (Wildman–Crippen LogP) is 1.87. The summed E-state index contributed by atoms with van der Waals surface area (Å²) in [5.74, 6) is -0.132. The summed E-state index contributed by atoms with van der Waals surface area (Å²) in [5.41, 5.74) is 1.60. The molecule has 19 heavy (non-hydrogen) atoms. The van der Waals surface area contributed by atoms with Crippen LogP contribution >= 0.6 is 0 Å². The number of methoxy groups -OCH3 is 1. The second-order valence-corrected chi connectivity index (χ2v) is 5.13. The third-order valence-corrected chi connectivity index (χ3v) is 3.84. The third kappa shape index (κ3) is 5.84. The summed E-state index contributed by atoms with van der Waals surface area (Å²) in [4.78, 5) is 10.7. The topological polar surface area (TPSA) is 67.8 Å². The van der Waals surface area contributed by atoms with Crippen LogP contribution in [0, 0.1) is 17.8 Å². The number of nitrogens with one attached hydrogen (secondary N) is 1. The van der Waals surface area contributed by atoms with E-state index in [4.69, 9.17) is 9.84 Å². The maximum absolute atomic E-state index is 12.1. The van der Waals surface area contributed by atoms with E-state index in [2.05, 4.69) is 11.7 Å². The van der Waals surface area contributed by atoms with Gasteiger partial charge >= 0.3 is 5.97 Å². The molecule has 2 N–H and O–H groups in total. The number of halogens is 1. The minimum Gasteiger partial charge on any atom is -0.481 e. The van der Waals surface area contributed by atoms with Gasteiger partial charge in [-0.15, -0.1) is 4.48 Å². The first kappa shape index (κ1) is 18.3. The van der Waals surface area contributed by atoms with Crippen LogP contribution < -0.4 is 5.54 Å². The van der Waals surface area contributed by atoms with Gasteiger partial charge in [-0.05, 0) is 17.8 Å². The number of hydrogen-bond donors (Lipinski definition) is 2. The summed E-state index contributed by atoms with van der Waals surface area (Å²) in [6.07, 6.45) is -0.580. The van der Waals surface area contributed by atoms with E-state index in [9.17, 15) is 9.28 Å². The van der Waals surface area contributed by atoms with Crippen molar-refractivity contribution in [2.45, 2.75) is 39.4 Å². The molecule has 1 aliphatic rings. The maximum atomic E-state index is 12.1. The van der Waals surface area contributed by atoms with Crippen LogP contribution in [0.3, 0.4) is 0 Å². The first-order valence-electron chi connectivity index (χ1n) is 6.49. The van der Waals surface area contributed by atoms with Gasteiger partial charge in [0.25, 0.3) is 0 Å². The van der Waals surface area contributed by atoms with E-state index in [0.29, 0.717) is 5.92 Å². The molecule has 0 bridgehead atoms. The van der Waals surface area contributed by atoms with Crippen molar-refractivity contribution < 1.29 is 23.9 Å². The van der Waals surface area contributed by atoms with Gasteiger partial charge in [0, 0.05) is 14.2 Å². The van der Waals surface area contributed by atoms with Crippen LogP contribution in [-0.4, -0.2) is 44.0 Å². The largest absolute Gasteiger partial charge is 0.481 e. The zero-order valence-electron chi connectivity index (χ0n) is 12.4. The highest BCUT2D eigenvalue weighted by atomic mass is 19.2. The number of aliphatic carboxylic acids is 1. The Kier molecular flexibility index (Phi) is 8.88. The van der Waals surface area contributed by atoms with Gasteiger partial charge in [0.15, 0.2) is 0 Å². The molecule has 5 nitrogen and oxygen atoms in total. The number of carboxylic acids is 1. The van der Waals surface area contributed by atoms with E-state index in [1.54, 1.807) is 19.8 Å². The van der Waals surface area contributed by atoms with Crippen molar-refractivity contribution in [2.75, 3.05) is 20.8 Å². The van der Waals surface area contributed by atoms with Gasteiger partial charge in [-0.2, -0.15) is 5.54 Å². The summed E-state index contributed by atoms with van der Waals surface area (Å²) in [6, 6.07) is 0. The Labute approximate surface area is 114 Å². The standard InChI is InChI=1S/C11H20FNO3.C2H6O/c1-6-7(2)9(4-11(14)15)16-10(5-13-12)8(6)3;1-3-2/h6-10,13H,4-5H2,1-3H3,(H,14,15);1-2H3/t6-,7-,8+,9+,10+;/m0./s1. The van der Waals surface area contributed by atoms with Crippen molar-refractivity contribution in [3.63, 3.8) is 0 Å². The monoisotopic (exact) mass is 279 g/mol. The van der Waals surface area contributed by atoms with Crippen LogP contribution in [0.2, 0.25) is 0 Å². The van der Waals surface area contributed by atoms with E-state index >= 15 is 0 Å². The van der Waals surface area contributed by atoms with E-state index in [0.717, 1.165) is 0 Å². The van der Waals surface area contributed by atoms with Gasteiger partial charge in [-0.25, -0.2) is 0 Å². The normalized spacial score (nSPS) is 34.3. The summed E-state index contributed by atoms with van der Waals surface area (Å²) in [7, 11) is 3.25. The van der Waals surface area contributed by atoms with Crippen molar-refractivity contribution in [3.8, 4) is 0 Å². The second kappa shape index (κ2) is 9.23. The molecule has 114 valence electrons. The fourth-order valence-electron chi connectivity index (χ4n) is 2.34. The molecule has 1 heterocycles. The van der Waals surface area contributed by atoms with Gasteiger partial charge in [0.1, 0.15) is 0 Å². The minimum atomic E-state index is -0.870. The minimum absolute atomic E-state index is 0.0129. The van der Waals surface area contributed by atoms with Crippen molar-refractivity contribution in [1.29, 1.82) is 0 Å². The SMILES string of the molecule is COC.C[C@@H]1[C@@H](C)[C@@H](CNF)O[C@H](CC(=O)O)[C@H]1C. The zero-order valence-corrected chi connectivity index (χ0v) is 12.4. The Morgan fingerprint density at radius 1 is 1.21 bits per heavy atom. The summed E-state index contributed by atoms with van der Waals surface area (Å²) < 4.78 is 22.0. The molecule has 0 aromatic carbocycles. The highest BCUT2D eigenvalue weighted by Crippen LogP contribution is 2.35. The smallest absolute Gasteiger partial charge is 0.305 e. The van der Waals surface area contributed by atoms with Crippen molar-refractivity contribution in [1.82, 2.24) is 5.54 Å². The molecule has 1 fully saturated rings. The molecule has 0 unspecified atom stereocenters. The lowest BCUT2D eigenvalue weighted by Gasteiger charge is -2.43. The molecule has 0 radical (unpaired) electrons. The Morgan fingerprint density at radius 2 is 1.68 bits per heavy atom. The van der Waals surface area contributed by atoms with Crippen molar-refractivity contribution in [3.05, 3.63) is 0 Å². The quantitative estimate of drug-likeness (QED) is 0.769. The Bertz CT molecular complexity index is 265. The number of carboxylic acid groups (broad SMARTS) is 1. The number of ether oxygens (including phenoxy) is 2. The van der Waals surface area contributed by atoms with Crippen LogP contribution in [0.5, 0.6) is 0 Å². The molecule has 0 saturated carbocycles. The van der Waals surface area contributed by atoms with E-state index in [-0.39, 0.29) is 37.0 Å². The van der Waals surface area contributed by atoms with E-state index in [1.165, 1.54) is 0 Å². The first-order valence-corrected chi connectivity index (χ1v) is 6.49. The fraction of sp³-hybridized carbons (Fsp3) is 0.923. The zero-order chi connectivity index (χ0) is 15.0. The Hall–Kier alpha value is -0.720. The number of hydrogen-bond acceptors (Lipinski definition) is 4. The Morgan fingerprint density at radius 3 is 2.11 bits per heavy atom. The van der Waals surface area contributed by atoms with Crippen LogP contribution in [0.1, 0.15) is 27.2 Å². The molecule has 6 heteroatoms. The van der Waals surface area contributed by atoms with Gasteiger partial charge in [-0.1, -0.05) is 20.8 Å². The molecule has 0 aliphatic carbocycles. The molecule has 1 saturated heterocycles. The van der Waals surface area contributed by atoms with Crippen LogP contribution in [-0.2, 0) is 14.3 Å². The number of rotatable bonds is 4. The molecule has 5 atom stereocenters. The third-order valence-electron chi connectivity index (χ3n) is 3.84. The van der Waals surface area contributed by atoms with Gasteiger partial charge < -0.3 is 14.6 Å². The maximum Gasteiger partial charge on any atom is 0.305 e. The average Bonchev–Trinajstić information content (AvgIpc) is 2.33. The first-order chi connectivity index (χ1) is 8.88. The average molecular weight is 279 g/mol. The Balaban J connectivity index is 0.000000982. The fourth-order valence-corrected chi connectivity index (χ4v) is 2.34.